The molecule has 0 aromatic heterocycles. The lowest BCUT2D eigenvalue weighted by Crippen LogP contribution is -2.40. The summed E-state index contributed by atoms with van der Waals surface area (Å²) in [4.78, 5) is -1.04. The Morgan fingerprint density at radius 3 is 2.20 bits per heavy atom. The van der Waals surface area contributed by atoms with E-state index in [0.717, 1.165) is 24.3 Å². The molecule has 1 aliphatic carbocycles. The summed E-state index contributed by atoms with van der Waals surface area (Å²) < 4.78 is 62.2. The van der Waals surface area contributed by atoms with Gasteiger partial charge in [-0.15, -0.1) is 0 Å². The first kappa shape index (κ1) is 15.1. The number of aliphatic hydroxyl groups is 1. The van der Waals surface area contributed by atoms with Crippen LogP contribution >= 0.6 is 0 Å². The van der Waals surface area contributed by atoms with Crippen LogP contribution in [0.1, 0.15) is 17.5 Å². The molecular formula is C10H11NO7S2. The summed E-state index contributed by atoms with van der Waals surface area (Å²) in [6.45, 7) is 0. The molecule has 1 unspecified atom stereocenters. The lowest BCUT2D eigenvalue weighted by molar-refractivity contribution is 0.0439. The van der Waals surface area contributed by atoms with E-state index in [0.29, 0.717) is 0 Å². The Bertz CT molecular complexity index is 806. The fourth-order valence-corrected chi connectivity index (χ4v) is 3.16. The Kier molecular flexibility index (Phi) is 3.28. The molecule has 2 rings (SSSR count). The minimum atomic E-state index is -4.58. The predicted octanol–water partition coefficient (Wildman–Crippen LogP) is -0.330. The lowest BCUT2D eigenvalue weighted by Gasteiger charge is -2.29. The maximum absolute atomic E-state index is 11.1. The molecule has 10 heteroatoms. The van der Waals surface area contributed by atoms with E-state index in [1.54, 1.807) is 0 Å². The number of hydrogen-bond donors (Lipinski definition) is 4. The zero-order chi connectivity index (χ0) is 15.3. The first-order valence-electron chi connectivity index (χ1n) is 5.22. The van der Waals surface area contributed by atoms with Crippen molar-refractivity contribution in [2.45, 2.75) is 17.0 Å². The second-order valence-corrected chi connectivity index (χ2v) is 7.31. The van der Waals surface area contributed by atoms with Gasteiger partial charge in [0.1, 0.15) is 5.72 Å². The maximum Gasteiger partial charge on any atom is 0.294 e. The minimum absolute atomic E-state index is 0.0241. The van der Waals surface area contributed by atoms with E-state index >= 15 is 0 Å². The molecule has 110 valence electrons. The Labute approximate surface area is 115 Å². The van der Waals surface area contributed by atoms with Crippen molar-refractivity contribution in [2.75, 3.05) is 0 Å². The van der Waals surface area contributed by atoms with Gasteiger partial charge in [-0.05, 0) is 23.8 Å². The van der Waals surface area contributed by atoms with Gasteiger partial charge in [0.15, 0.2) is 0 Å². The fraction of sp³-hybridized carbons (Fsp3) is 0.200. The highest BCUT2D eigenvalue weighted by Crippen LogP contribution is 2.36. The van der Waals surface area contributed by atoms with E-state index in [1.165, 1.54) is 0 Å². The lowest BCUT2D eigenvalue weighted by atomic mass is 9.90. The van der Waals surface area contributed by atoms with Gasteiger partial charge >= 0.3 is 0 Å². The molecule has 1 aliphatic rings. The molecule has 5 N–H and O–H groups in total. The van der Waals surface area contributed by atoms with Gasteiger partial charge in [-0.3, -0.25) is 14.8 Å². The molecule has 0 aliphatic heterocycles. The molecule has 0 saturated carbocycles. The fourth-order valence-electron chi connectivity index (χ4n) is 1.97. The predicted molar refractivity (Wildman–Crippen MR) is 68.5 cm³/mol. The first-order valence-corrected chi connectivity index (χ1v) is 8.10. The summed E-state index contributed by atoms with van der Waals surface area (Å²) in [6.07, 6.45) is 0.435. The molecule has 0 heterocycles. The van der Waals surface area contributed by atoms with Gasteiger partial charge in [0, 0.05) is 12.0 Å². The topological polar surface area (TPSA) is 155 Å². The summed E-state index contributed by atoms with van der Waals surface area (Å²) in [6, 6.07) is 3.14. The standard InChI is InChI=1S/C10H11NO7S2/c11-10(12)5-8(20(16,17)18)4-6-3-7(19(13,14)15)1-2-9(6)10/h1-4,12H,5,11H2,(H,13,14,15)(H,16,17,18). The molecular weight excluding hydrogens is 310 g/mol. The third-order valence-electron chi connectivity index (χ3n) is 2.88. The third kappa shape index (κ3) is 2.75. The minimum Gasteiger partial charge on any atom is -0.371 e. The van der Waals surface area contributed by atoms with E-state index in [2.05, 4.69) is 0 Å². The van der Waals surface area contributed by atoms with E-state index in [-0.39, 0.29) is 11.1 Å². The van der Waals surface area contributed by atoms with Gasteiger partial charge in [0.25, 0.3) is 20.2 Å². The van der Waals surface area contributed by atoms with E-state index in [1.807, 2.05) is 0 Å². The molecule has 1 aromatic rings. The molecule has 0 saturated heterocycles. The van der Waals surface area contributed by atoms with Crippen LogP contribution in [-0.4, -0.2) is 31.0 Å². The van der Waals surface area contributed by atoms with Crippen molar-refractivity contribution in [1.29, 1.82) is 0 Å². The van der Waals surface area contributed by atoms with Crippen molar-refractivity contribution in [3.63, 3.8) is 0 Å². The molecule has 1 aromatic carbocycles. The molecule has 8 nitrogen and oxygen atoms in total. The van der Waals surface area contributed by atoms with Gasteiger partial charge in [-0.2, -0.15) is 16.8 Å². The normalized spacial score (nSPS) is 23.1. The first-order chi connectivity index (χ1) is 8.91. The number of fused-ring (bicyclic) bond motifs is 1. The zero-order valence-corrected chi connectivity index (χ0v) is 11.5. The maximum atomic E-state index is 11.1. The zero-order valence-electron chi connectivity index (χ0n) is 9.88. The van der Waals surface area contributed by atoms with E-state index in [4.69, 9.17) is 14.8 Å². The third-order valence-corrected chi connectivity index (χ3v) is 4.65. The molecule has 0 amide bonds. The Balaban J connectivity index is 2.73. The summed E-state index contributed by atoms with van der Waals surface area (Å²) in [5, 5.41) is 10.0. The molecule has 20 heavy (non-hydrogen) atoms. The van der Waals surface area contributed by atoms with Gasteiger partial charge in [0.2, 0.25) is 0 Å². The SMILES string of the molecule is NC1(O)CC(S(=O)(=O)O)=Cc2cc(S(=O)(=O)O)ccc21. The van der Waals surface area contributed by atoms with Gasteiger partial charge < -0.3 is 5.11 Å². The van der Waals surface area contributed by atoms with Crippen LogP contribution in [0.5, 0.6) is 0 Å². The van der Waals surface area contributed by atoms with Crippen molar-refractivity contribution < 1.29 is 31.0 Å². The van der Waals surface area contributed by atoms with Crippen molar-refractivity contribution in [2.24, 2.45) is 5.73 Å². The van der Waals surface area contributed by atoms with Crippen molar-refractivity contribution in [3.8, 4) is 0 Å². The highest BCUT2D eigenvalue weighted by molar-refractivity contribution is 7.90. The quantitative estimate of drug-likeness (QED) is 0.426. The van der Waals surface area contributed by atoms with Crippen LogP contribution in [-0.2, 0) is 26.0 Å². The Hall–Kier alpha value is -1.30. The van der Waals surface area contributed by atoms with Crippen LogP contribution < -0.4 is 5.73 Å². The Morgan fingerprint density at radius 2 is 1.70 bits per heavy atom. The van der Waals surface area contributed by atoms with Crippen LogP contribution in [0.2, 0.25) is 0 Å². The summed E-state index contributed by atoms with van der Waals surface area (Å²) in [7, 11) is -9.07. The highest BCUT2D eigenvalue weighted by atomic mass is 32.2. The molecule has 0 spiro atoms. The highest BCUT2D eigenvalue weighted by Gasteiger charge is 2.35. The van der Waals surface area contributed by atoms with Crippen LogP contribution in [0.15, 0.2) is 28.0 Å². The average Bonchev–Trinajstić information content (AvgIpc) is 2.24. The Morgan fingerprint density at radius 1 is 1.10 bits per heavy atom. The summed E-state index contributed by atoms with van der Waals surface area (Å²) in [5.41, 5.74) is 3.54. The monoisotopic (exact) mass is 321 g/mol. The van der Waals surface area contributed by atoms with Crippen LogP contribution in [0.25, 0.3) is 6.08 Å². The van der Waals surface area contributed by atoms with Crippen LogP contribution in [0, 0.1) is 0 Å². The average molecular weight is 321 g/mol. The second-order valence-electron chi connectivity index (χ2n) is 4.41. The second kappa shape index (κ2) is 4.35. The summed E-state index contributed by atoms with van der Waals surface area (Å²) >= 11 is 0. The van der Waals surface area contributed by atoms with Gasteiger partial charge in [0.05, 0.1) is 9.80 Å². The molecule has 0 radical (unpaired) electrons. The smallest absolute Gasteiger partial charge is 0.294 e. The number of hydrogen-bond acceptors (Lipinski definition) is 6. The largest absolute Gasteiger partial charge is 0.371 e. The van der Waals surface area contributed by atoms with Crippen molar-refractivity contribution >= 4 is 26.3 Å². The van der Waals surface area contributed by atoms with Crippen LogP contribution in [0.3, 0.4) is 0 Å². The number of benzene rings is 1. The number of rotatable bonds is 2. The summed E-state index contributed by atoms with van der Waals surface area (Å²) in [5.74, 6) is 0. The molecule has 0 bridgehead atoms. The van der Waals surface area contributed by atoms with E-state index < -0.39 is 42.2 Å². The van der Waals surface area contributed by atoms with Crippen molar-refractivity contribution in [3.05, 3.63) is 34.2 Å². The number of nitrogens with two attached hydrogens (primary N) is 1. The van der Waals surface area contributed by atoms with Gasteiger partial charge in [-0.1, -0.05) is 6.07 Å². The molecule has 0 fully saturated rings. The van der Waals surface area contributed by atoms with Gasteiger partial charge in [-0.25, -0.2) is 0 Å². The van der Waals surface area contributed by atoms with E-state index in [9.17, 15) is 21.9 Å². The molecule has 1 atom stereocenters. The van der Waals surface area contributed by atoms with Crippen molar-refractivity contribution in [1.82, 2.24) is 0 Å². The van der Waals surface area contributed by atoms with Crippen LogP contribution in [0.4, 0.5) is 0 Å².